The zero-order valence-corrected chi connectivity index (χ0v) is 16.6. The zero-order chi connectivity index (χ0) is 18.7. The first-order valence-corrected chi connectivity index (χ1v) is 10.3. The summed E-state index contributed by atoms with van der Waals surface area (Å²) in [5.74, 6) is 1.90. The summed E-state index contributed by atoms with van der Waals surface area (Å²) in [7, 11) is 0. The predicted octanol–water partition coefficient (Wildman–Crippen LogP) is 5.44. The fourth-order valence-corrected chi connectivity index (χ4v) is 4.61. The molecule has 2 aliphatic rings. The van der Waals surface area contributed by atoms with Crippen LogP contribution in [-0.2, 0) is 5.41 Å². The summed E-state index contributed by atoms with van der Waals surface area (Å²) >= 11 is 0. The first-order valence-electron chi connectivity index (χ1n) is 10.3. The zero-order valence-electron chi connectivity index (χ0n) is 16.6. The molecule has 1 aromatic rings. The molecule has 2 atom stereocenters. The third-order valence-electron chi connectivity index (χ3n) is 6.35. The van der Waals surface area contributed by atoms with Gasteiger partial charge in [0.1, 0.15) is 11.5 Å². The summed E-state index contributed by atoms with van der Waals surface area (Å²) in [5.41, 5.74) is 3.05. The van der Waals surface area contributed by atoms with Crippen LogP contribution in [0, 0.1) is 5.92 Å². The number of unbranched alkanes of at least 4 members (excludes halogenated alkanes) is 3. The van der Waals surface area contributed by atoms with Gasteiger partial charge in [0.05, 0.1) is 13.2 Å². The molecule has 2 unspecified atom stereocenters. The molecule has 3 heteroatoms. The van der Waals surface area contributed by atoms with E-state index in [1.807, 2.05) is 6.07 Å². The third kappa shape index (κ3) is 3.78. The van der Waals surface area contributed by atoms with Crippen LogP contribution in [0.5, 0.6) is 11.5 Å². The van der Waals surface area contributed by atoms with Gasteiger partial charge in [0.2, 0.25) is 0 Å². The van der Waals surface area contributed by atoms with Crippen molar-refractivity contribution in [2.24, 2.45) is 5.92 Å². The number of phenolic OH excluding ortho intramolecular Hbond substituents is 1. The number of aliphatic hydroxyl groups excluding tert-OH is 1. The van der Waals surface area contributed by atoms with Crippen molar-refractivity contribution >= 4 is 0 Å². The standard InChI is InChI=1S/C23H34O3/c1-4-5-6-7-12-23(2,3)19-10-11-20-21(22(19)25)18-13-16(14-24)8-9-17(18)15-26-20/h8,10-11,17-18,24-25H,4-7,9,12-15H2,1-3H3. The predicted molar refractivity (Wildman–Crippen MR) is 106 cm³/mol. The van der Waals surface area contributed by atoms with Gasteiger partial charge in [0, 0.05) is 23.0 Å². The summed E-state index contributed by atoms with van der Waals surface area (Å²) in [6.45, 7) is 7.52. The first-order chi connectivity index (χ1) is 12.5. The van der Waals surface area contributed by atoms with Gasteiger partial charge in [-0.15, -0.1) is 0 Å². The molecule has 1 heterocycles. The minimum atomic E-state index is -0.0515. The van der Waals surface area contributed by atoms with Crippen molar-refractivity contribution in [3.8, 4) is 11.5 Å². The quantitative estimate of drug-likeness (QED) is 0.504. The number of fused-ring (bicyclic) bond motifs is 3. The number of phenols is 1. The Labute approximate surface area is 158 Å². The van der Waals surface area contributed by atoms with Crippen LogP contribution in [0.4, 0.5) is 0 Å². The Kier molecular flexibility index (Phi) is 5.96. The Morgan fingerprint density at radius 1 is 1.19 bits per heavy atom. The molecule has 0 amide bonds. The maximum absolute atomic E-state index is 11.2. The Balaban J connectivity index is 1.88. The van der Waals surface area contributed by atoms with Crippen LogP contribution in [0.2, 0.25) is 0 Å². The van der Waals surface area contributed by atoms with Crippen molar-refractivity contribution < 1.29 is 14.9 Å². The number of hydrogen-bond donors (Lipinski definition) is 2. The number of hydrogen-bond acceptors (Lipinski definition) is 3. The third-order valence-corrected chi connectivity index (χ3v) is 6.35. The number of aromatic hydroxyl groups is 1. The highest BCUT2D eigenvalue weighted by Crippen LogP contribution is 2.51. The van der Waals surface area contributed by atoms with Gasteiger partial charge >= 0.3 is 0 Å². The molecule has 0 radical (unpaired) electrons. The molecule has 1 aliphatic heterocycles. The number of benzene rings is 1. The average Bonchev–Trinajstić information content (AvgIpc) is 2.64. The molecule has 144 valence electrons. The highest BCUT2D eigenvalue weighted by molar-refractivity contribution is 5.55. The van der Waals surface area contributed by atoms with Gasteiger partial charge in [-0.05, 0) is 36.3 Å². The van der Waals surface area contributed by atoms with Crippen LogP contribution < -0.4 is 4.74 Å². The van der Waals surface area contributed by atoms with Gasteiger partial charge in [-0.3, -0.25) is 0 Å². The van der Waals surface area contributed by atoms with Crippen molar-refractivity contribution in [3.63, 3.8) is 0 Å². The van der Waals surface area contributed by atoms with Crippen LogP contribution in [-0.4, -0.2) is 23.4 Å². The van der Waals surface area contributed by atoms with Crippen LogP contribution in [0.15, 0.2) is 23.8 Å². The van der Waals surface area contributed by atoms with Crippen LogP contribution >= 0.6 is 0 Å². The maximum Gasteiger partial charge on any atom is 0.126 e. The topological polar surface area (TPSA) is 49.7 Å². The fourth-order valence-electron chi connectivity index (χ4n) is 4.61. The molecule has 0 saturated heterocycles. The van der Waals surface area contributed by atoms with Crippen molar-refractivity contribution in [3.05, 3.63) is 34.9 Å². The second-order valence-electron chi connectivity index (χ2n) is 8.71. The second kappa shape index (κ2) is 8.04. The molecule has 1 aliphatic carbocycles. The number of rotatable bonds is 7. The van der Waals surface area contributed by atoms with Crippen molar-refractivity contribution in [1.29, 1.82) is 0 Å². The van der Waals surface area contributed by atoms with E-state index in [-0.39, 0.29) is 17.9 Å². The van der Waals surface area contributed by atoms with Crippen LogP contribution in [0.3, 0.4) is 0 Å². The monoisotopic (exact) mass is 358 g/mol. The molecule has 26 heavy (non-hydrogen) atoms. The Morgan fingerprint density at radius 2 is 2.00 bits per heavy atom. The lowest BCUT2D eigenvalue weighted by Crippen LogP contribution is -2.29. The fraction of sp³-hybridized carbons (Fsp3) is 0.652. The number of ether oxygens (including phenoxy) is 1. The van der Waals surface area contributed by atoms with E-state index >= 15 is 0 Å². The van der Waals surface area contributed by atoms with E-state index in [2.05, 4.69) is 32.9 Å². The molecular weight excluding hydrogens is 324 g/mol. The molecule has 0 saturated carbocycles. The number of aliphatic hydroxyl groups is 1. The highest BCUT2D eigenvalue weighted by atomic mass is 16.5. The lowest BCUT2D eigenvalue weighted by Gasteiger charge is -2.38. The molecule has 3 nitrogen and oxygen atoms in total. The maximum atomic E-state index is 11.2. The van der Waals surface area contributed by atoms with E-state index in [1.54, 1.807) is 0 Å². The van der Waals surface area contributed by atoms with Gasteiger partial charge in [-0.1, -0.05) is 58.6 Å². The average molecular weight is 359 g/mol. The Bertz CT molecular complexity index is 660. The molecule has 3 rings (SSSR count). The lowest BCUT2D eigenvalue weighted by molar-refractivity contribution is 0.179. The van der Waals surface area contributed by atoms with E-state index in [0.29, 0.717) is 18.3 Å². The second-order valence-corrected chi connectivity index (χ2v) is 8.71. The highest BCUT2D eigenvalue weighted by Gasteiger charge is 2.37. The molecule has 2 N–H and O–H groups in total. The summed E-state index contributed by atoms with van der Waals surface area (Å²) < 4.78 is 5.97. The van der Waals surface area contributed by atoms with Crippen molar-refractivity contribution in [2.45, 2.75) is 77.0 Å². The molecule has 1 aromatic carbocycles. The van der Waals surface area contributed by atoms with Crippen LogP contribution in [0.1, 0.15) is 82.8 Å². The van der Waals surface area contributed by atoms with Gasteiger partial charge in [-0.25, -0.2) is 0 Å². The lowest BCUT2D eigenvalue weighted by atomic mass is 9.71. The van der Waals surface area contributed by atoms with Gasteiger partial charge in [-0.2, -0.15) is 0 Å². The van der Waals surface area contributed by atoms with E-state index in [9.17, 15) is 10.2 Å². The largest absolute Gasteiger partial charge is 0.507 e. The van der Waals surface area contributed by atoms with E-state index in [4.69, 9.17) is 4.74 Å². The molecule has 0 fully saturated rings. The Hall–Kier alpha value is -1.48. The normalized spacial score (nSPS) is 22.2. The summed E-state index contributed by atoms with van der Waals surface area (Å²) in [5, 5.41) is 20.8. The van der Waals surface area contributed by atoms with Gasteiger partial charge in [0.15, 0.2) is 0 Å². The van der Waals surface area contributed by atoms with Gasteiger partial charge in [0.25, 0.3) is 0 Å². The molecule has 0 aromatic heterocycles. The van der Waals surface area contributed by atoms with Gasteiger partial charge < -0.3 is 14.9 Å². The van der Waals surface area contributed by atoms with E-state index < -0.39 is 0 Å². The smallest absolute Gasteiger partial charge is 0.126 e. The Morgan fingerprint density at radius 3 is 2.73 bits per heavy atom. The molecule has 0 spiro atoms. The van der Waals surface area contributed by atoms with E-state index in [0.717, 1.165) is 41.7 Å². The van der Waals surface area contributed by atoms with Crippen molar-refractivity contribution in [2.75, 3.05) is 13.2 Å². The van der Waals surface area contributed by atoms with E-state index in [1.165, 1.54) is 25.7 Å². The molecular formula is C23H34O3. The number of allylic oxidation sites excluding steroid dienone is 1. The van der Waals surface area contributed by atoms with Crippen LogP contribution in [0.25, 0.3) is 0 Å². The summed E-state index contributed by atoms with van der Waals surface area (Å²) in [4.78, 5) is 0. The van der Waals surface area contributed by atoms with Crippen molar-refractivity contribution in [1.82, 2.24) is 0 Å². The minimum Gasteiger partial charge on any atom is -0.507 e. The summed E-state index contributed by atoms with van der Waals surface area (Å²) in [6, 6.07) is 4.10. The first kappa shape index (κ1) is 19.3. The SMILES string of the molecule is CCCCCCC(C)(C)c1ccc2c(c1O)C1CC(CO)=CCC1CO2. The molecule has 0 bridgehead atoms. The summed E-state index contributed by atoms with van der Waals surface area (Å²) in [6.07, 6.45) is 9.94. The minimum absolute atomic E-state index is 0.0515.